The Hall–Kier alpha value is -1.56. The minimum absolute atomic E-state index is 0.0511. The number of hydrogen-bond acceptors (Lipinski definition) is 5. The van der Waals surface area contributed by atoms with Gasteiger partial charge in [0.05, 0.1) is 17.4 Å². The zero-order chi connectivity index (χ0) is 12.8. The normalized spacial score (nSPS) is 10.3. The second-order valence-electron chi connectivity index (χ2n) is 3.49. The van der Waals surface area contributed by atoms with Crippen LogP contribution in [0.15, 0.2) is 23.4 Å². The van der Waals surface area contributed by atoms with Gasteiger partial charge in [-0.25, -0.2) is 9.78 Å². The van der Waals surface area contributed by atoms with Crippen LogP contribution in [-0.4, -0.2) is 33.9 Å². The summed E-state index contributed by atoms with van der Waals surface area (Å²) in [6.45, 7) is 3.51. The molecule has 0 aliphatic carbocycles. The molecule has 0 aliphatic heterocycles. The smallest absolute Gasteiger partial charge is 0.338 e. The molecule has 0 saturated carbocycles. The summed E-state index contributed by atoms with van der Waals surface area (Å²) in [5.41, 5.74) is 0.0925. The Morgan fingerprint density at radius 2 is 2.24 bits per heavy atom. The van der Waals surface area contributed by atoms with Crippen LogP contribution in [0.1, 0.15) is 24.2 Å². The maximum Gasteiger partial charge on any atom is 0.338 e. The van der Waals surface area contributed by atoms with Gasteiger partial charge in [0.2, 0.25) is 0 Å². The van der Waals surface area contributed by atoms with Gasteiger partial charge in [-0.15, -0.1) is 0 Å². The number of carbonyl (C=O) groups is 2. The zero-order valence-electron chi connectivity index (χ0n) is 9.54. The van der Waals surface area contributed by atoms with Gasteiger partial charge in [-0.1, -0.05) is 11.8 Å². The van der Waals surface area contributed by atoms with E-state index in [4.69, 9.17) is 9.84 Å². The standard InChI is InChI=1S/C11H13NO4S/c1-7(2)16-9(13)6-17-10-8(11(14)15)4-3-5-12-10/h3-5,7H,6H2,1-2H3,(H,14,15). The van der Waals surface area contributed by atoms with Crippen molar-refractivity contribution < 1.29 is 19.4 Å². The first-order valence-corrected chi connectivity index (χ1v) is 6.00. The van der Waals surface area contributed by atoms with Crippen molar-refractivity contribution in [2.45, 2.75) is 25.0 Å². The van der Waals surface area contributed by atoms with Gasteiger partial charge in [-0.05, 0) is 26.0 Å². The third-order valence-electron chi connectivity index (χ3n) is 1.70. The van der Waals surface area contributed by atoms with E-state index in [1.165, 1.54) is 12.3 Å². The van der Waals surface area contributed by atoms with E-state index >= 15 is 0 Å². The lowest BCUT2D eigenvalue weighted by molar-refractivity contribution is -0.144. The Morgan fingerprint density at radius 1 is 1.53 bits per heavy atom. The van der Waals surface area contributed by atoms with E-state index in [1.54, 1.807) is 19.9 Å². The molecule has 6 heteroatoms. The molecule has 5 nitrogen and oxygen atoms in total. The quantitative estimate of drug-likeness (QED) is 0.639. The molecule has 1 aromatic heterocycles. The molecule has 0 spiro atoms. The number of hydrogen-bond donors (Lipinski definition) is 1. The Morgan fingerprint density at radius 3 is 2.82 bits per heavy atom. The highest BCUT2D eigenvalue weighted by molar-refractivity contribution is 8.00. The maximum atomic E-state index is 11.3. The summed E-state index contributed by atoms with van der Waals surface area (Å²) in [7, 11) is 0. The van der Waals surface area contributed by atoms with Crippen molar-refractivity contribution in [3.63, 3.8) is 0 Å². The number of carbonyl (C=O) groups excluding carboxylic acids is 1. The largest absolute Gasteiger partial charge is 0.478 e. The molecule has 1 rings (SSSR count). The summed E-state index contributed by atoms with van der Waals surface area (Å²) in [6, 6.07) is 2.99. The summed E-state index contributed by atoms with van der Waals surface area (Å²) in [5.74, 6) is -1.39. The van der Waals surface area contributed by atoms with Crippen LogP contribution >= 0.6 is 11.8 Å². The van der Waals surface area contributed by atoms with E-state index < -0.39 is 5.97 Å². The van der Waals surface area contributed by atoms with E-state index in [1.807, 2.05) is 0 Å². The molecule has 1 N–H and O–H groups in total. The maximum absolute atomic E-state index is 11.3. The molecule has 0 radical (unpaired) electrons. The molecule has 0 aliphatic rings. The molecule has 0 unspecified atom stereocenters. The summed E-state index contributed by atoms with van der Waals surface area (Å²) < 4.78 is 4.94. The fraction of sp³-hybridized carbons (Fsp3) is 0.364. The number of carboxylic acids is 1. The van der Waals surface area contributed by atoms with Gasteiger partial charge in [-0.3, -0.25) is 4.79 Å². The predicted octanol–water partition coefficient (Wildman–Crippen LogP) is 1.82. The minimum Gasteiger partial charge on any atom is -0.478 e. The fourth-order valence-corrected chi connectivity index (χ4v) is 1.86. The van der Waals surface area contributed by atoms with Gasteiger partial charge in [-0.2, -0.15) is 0 Å². The van der Waals surface area contributed by atoms with Crippen LogP contribution in [-0.2, 0) is 9.53 Å². The second kappa shape index (κ2) is 6.24. The van der Waals surface area contributed by atoms with Crippen molar-refractivity contribution in [2.75, 3.05) is 5.75 Å². The number of pyridine rings is 1. The van der Waals surface area contributed by atoms with Gasteiger partial charge >= 0.3 is 11.9 Å². The third-order valence-corrected chi connectivity index (χ3v) is 2.67. The number of carboxylic acid groups (broad SMARTS) is 1. The van der Waals surface area contributed by atoms with Crippen molar-refractivity contribution in [1.29, 1.82) is 0 Å². The average molecular weight is 255 g/mol. The van der Waals surface area contributed by atoms with Crippen molar-refractivity contribution in [3.8, 4) is 0 Å². The fourth-order valence-electron chi connectivity index (χ4n) is 1.09. The topological polar surface area (TPSA) is 76.5 Å². The summed E-state index contributed by atoms with van der Waals surface area (Å²) in [4.78, 5) is 26.1. The molecule has 92 valence electrons. The molecule has 0 bridgehead atoms. The molecule has 0 aromatic carbocycles. The lowest BCUT2D eigenvalue weighted by Crippen LogP contribution is -2.13. The Balaban J connectivity index is 2.63. The summed E-state index contributed by atoms with van der Waals surface area (Å²) >= 11 is 1.06. The SMILES string of the molecule is CC(C)OC(=O)CSc1ncccc1C(=O)O. The highest BCUT2D eigenvalue weighted by Gasteiger charge is 2.13. The molecule has 0 saturated heterocycles. The Kier molecular flexibility index (Phi) is 4.96. The van der Waals surface area contributed by atoms with Crippen LogP contribution < -0.4 is 0 Å². The molecular formula is C11H13NO4S. The van der Waals surface area contributed by atoms with E-state index in [0.717, 1.165) is 11.8 Å². The summed E-state index contributed by atoms with van der Waals surface area (Å²) in [6.07, 6.45) is 1.31. The van der Waals surface area contributed by atoms with Crippen molar-refractivity contribution in [3.05, 3.63) is 23.9 Å². The van der Waals surface area contributed by atoms with E-state index in [9.17, 15) is 9.59 Å². The van der Waals surface area contributed by atoms with Crippen LogP contribution in [0.2, 0.25) is 0 Å². The first-order valence-electron chi connectivity index (χ1n) is 5.01. The van der Waals surface area contributed by atoms with Gasteiger partial charge in [0.15, 0.2) is 0 Å². The van der Waals surface area contributed by atoms with Gasteiger partial charge in [0, 0.05) is 6.20 Å². The number of thioether (sulfide) groups is 1. The van der Waals surface area contributed by atoms with Crippen molar-refractivity contribution in [1.82, 2.24) is 4.98 Å². The Labute approximate surface area is 103 Å². The molecule has 1 heterocycles. The molecule has 0 fully saturated rings. The first-order chi connectivity index (χ1) is 8.00. The third kappa shape index (κ3) is 4.44. The van der Waals surface area contributed by atoms with Gasteiger partial charge in [0.25, 0.3) is 0 Å². The number of aromatic carboxylic acids is 1. The van der Waals surface area contributed by atoms with E-state index in [-0.39, 0.29) is 23.4 Å². The summed E-state index contributed by atoms with van der Waals surface area (Å²) in [5, 5.41) is 9.23. The van der Waals surface area contributed by atoms with E-state index in [0.29, 0.717) is 5.03 Å². The number of ether oxygens (including phenoxy) is 1. The van der Waals surface area contributed by atoms with Crippen LogP contribution in [0.4, 0.5) is 0 Å². The van der Waals surface area contributed by atoms with Crippen LogP contribution in [0, 0.1) is 0 Å². The molecule has 17 heavy (non-hydrogen) atoms. The van der Waals surface area contributed by atoms with Gasteiger partial charge < -0.3 is 9.84 Å². The number of nitrogens with zero attached hydrogens (tertiary/aromatic N) is 1. The van der Waals surface area contributed by atoms with Crippen LogP contribution in [0.25, 0.3) is 0 Å². The minimum atomic E-state index is -1.06. The second-order valence-corrected chi connectivity index (χ2v) is 4.45. The Bertz CT molecular complexity index is 420. The molecule has 0 atom stereocenters. The first kappa shape index (κ1) is 13.5. The number of aromatic nitrogens is 1. The average Bonchev–Trinajstić information content (AvgIpc) is 2.25. The molecular weight excluding hydrogens is 242 g/mol. The highest BCUT2D eigenvalue weighted by Crippen LogP contribution is 2.20. The lowest BCUT2D eigenvalue weighted by Gasteiger charge is -2.07. The molecule has 0 amide bonds. The van der Waals surface area contributed by atoms with E-state index in [2.05, 4.69) is 4.98 Å². The van der Waals surface area contributed by atoms with Gasteiger partial charge in [0.1, 0.15) is 5.03 Å². The highest BCUT2D eigenvalue weighted by atomic mass is 32.2. The zero-order valence-corrected chi connectivity index (χ0v) is 10.4. The predicted molar refractivity (Wildman–Crippen MR) is 63.1 cm³/mol. The van der Waals surface area contributed by atoms with Crippen molar-refractivity contribution in [2.24, 2.45) is 0 Å². The number of rotatable bonds is 5. The monoisotopic (exact) mass is 255 g/mol. The van der Waals surface area contributed by atoms with Crippen molar-refractivity contribution >= 4 is 23.7 Å². The van der Waals surface area contributed by atoms with Crippen LogP contribution in [0.3, 0.4) is 0 Å². The lowest BCUT2D eigenvalue weighted by atomic mass is 10.3. The van der Waals surface area contributed by atoms with Crippen LogP contribution in [0.5, 0.6) is 0 Å². The number of esters is 1. The molecule has 1 aromatic rings.